The Hall–Kier alpha value is -2.27. The molecule has 10 heteroatoms. The van der Waals surface area contributed by atoms with Crippen LogP contribution in [0.5, 0.6) is 0 Å². The smallest absolute Gasteiger partial charge is 0.230 e. The second kappa shape index (κ2) is 11.0. The van der Waals surface area contributed by atoms with Gasteiger partial charge in [0.2, 0.25) is 11.7 Å². The van der Waals surface area contributed by atoms with Crippen LogP contribution >= 0.6 is 23.5 Å². The van der Waals surface area contributed by atoms with Crippen LogP contribution in [0.25, 0.3) is 11.6 Å². The van der Waals surface area contributed by atoms with Crippen LogP contribution in [0.3, 0.4) is 0 Å². The number of morpholine rings is 1. The van der Waals surface area contributed by atoms with Crippen LogP contribution in [-0.4, -0.2) is 81.2 Å². The second-order valence-electron chi connectivity index (χ2n) is 8.55. The molecule has 0 spiro atoms. The molecule has 1 N–H and O–H groups in total. The molecule has 180 valence electrons. The third kappa shape index (κ3) is 5.35. The first-order valence-electron chi connectivity index (χ1n) is 11.5. The number of hydrogen-bond donors (Lipinski definition) is 1. The largest absolute Gasteiger partial charge is 0.461 e. The van der Waals surface area contributed by atoms with E-state index in [9.17, 15) is 4.79 Å². The number of carbonyl (C=O) groups is 1. The van der Waals surface area contributed by atoms with Gasteiger partial charge in [-0.1, -0.05) is 42.1 Å². The number of ether oxygens (including phenoxy) is 1. The van der Waals surface area contributed by atoms with Crippen LogP contribution in [0.1, 0.15) is 12.0 Å². The van der Waals surface area contributed by atoms with Crippen LogP contribution < -0.4 is 5.32 Å². The fourth-order valence-corrected chi connectivity index (χ4v) is 6.72. The van der Waals surface area contributed by atoms with Crippen molar-refractivity contribution in [1.29, 1.82) is 0 Å². The molecule has 2 saturated heterocycles. The number of hydrogen-bond acceptors (Lipinski definition) is 8. The summed E-state index contributed by atoms with van der Waals surface area (Å²) in [5, 5.41) is 12.6. The summed E-state index contributed by atoms with van der Waals surface area (Å²) in [6, 6.07) is 13.9. The molecule has 1 atom stereocenters. The van der Waals surface area contributed by atoms with E-state index < -0.39 is 0 Å². The Balaban J connectivity index is 1.24. The highest BCUT2D eigenvalue weighted by molar-refractivity contribution is 8.00. The molecule has 2 aliphatic rings. The summed E-state index contributed by atoms with van der Waals surface area (Å²) in [4.78, 5) is 15.4. The normalized spacial score (nSPS) is 21.1. The van der Waals surface area contributed by atoms with Gasteiger partial charge >= 0.3 is 0 Å². The highest BCUT2D eigenvalue weighted by atomic mass is 32.2. The molecule has 3 aromatic rings. The summed E-state index contributed by atoms with van der Waals surface area (Å²) >= 11 is 3.38. The third-order valence-electron chi connectivity index (χ3n) is 6.35. The van der Waals surface area contributed by atoms with E-state index in [4.69, 9.17) is 9.15 Å². The zero-order valence-corrected chi connectivity index (χ0v) is 20.7. The lowest BCUT2D eigenvalue weighted by atomic mass is 9.95. The fraction of sp³-hybridized carbons (Fsp3) is 0.458. The monoisotopic (exact) mass is 499 g/mol. The van der Waals surface area contributed by atoms with Crippen LogP contribution in [-0.2, 0) is 16.1 Å². The van der Waals surface area contributed by atoms with Gasteiger partial charge in [0.1, 0.15) is 0 Å². The minimum atomic E-state index is 0.0170. The van der Waals surface area contributed by atoms with E-state index in [1.807, 2.05) is 46.7 Å². The van der Waals surface area contributed by atoms with Gasteiger partial charge in [-0.05, 0) is 29.9 Å². The molecular formula is C24H29N5O3S2. The van der Waals surface area contributed by atoms with Gasteiger partial charge in [0, 0.05) is 30.9 Å². The van der Waals surface area contributed by atoms with Crippen molar-refractivity contribution in [2.75, 3.05) is 50.1 Å². The van der Waals surface area contributed by atoms with E-state index in [1.165, 1.54) is 11.8 Å². The van der Waals surface area contributed by atoms with Crippen molar-refractivity contribution in [3.05, 3.63) is 54.3 Å². The average Bonchev–Trinajstić information content (AvgIpc) is 3.65. The minimum absolute atomic E-state index is 0.0170. The van der Waals surface area contributed by atoms with E-state index in [2.05, 4.69) is 32.5 Å². The predicted molar refractivity (Wildman–Crippen MR) is 134 cm³/mol. The highest BCUT2D eigenvalue weighted by Gasteiger charge is 2.40. The number of rotatable bonds is 9. The van der Waals surface area contributed by atoms with Crippen LogP contribution in [0, 0.1) is 0 Å². The number of amides is 1. The molecule has 1 unspecified atom stereocenters. The predicted octanol–water partition coefficient (Wildman–Crippen LogP) is 3.00. The zero-order valence-electron chi connectivity index (χ0n) is 19.0. The quantitative estimate of drug-likeness (QED) is 0.450. The maximum absolute atomic E-state index is 12.8. The number of aromatic nitrogens is 3. The summed E-state index contributed by atoms with van der Waals surface area (Å²) in [5.41, 5.74) is 1.17. The Kier molecular flexibility index (Phi) is 7.58. The van der Waals surface area contributed by atoms with E-state index in [1.54, 1.807) is 6.26 Å². The van der Waals surface area contributed by atoms with Gasteiger partial charge in [-0.2, -0.15) is 11.8 Å². The lowest BCUT2D eigenvalue weighted by Gasteiger charge is -2.43. The summed E-state index contributed by atoms with van der Waals surface area (Å²) in [6.07, 6.45) is 2.73. The minimum Gasteiger partial charge on any atom is -0.461 e. The topological polar surface area (TPSA) is 85.4 Å². The summed E-state index contributed by atoms with van der Waals surface area (Å²) in [7, 11) is 0. The SMILES string of the molecule is O=C(CSc1nnc(-c2ccco2)n1Cc1ccccc1)NCC1(N2CCOCC2)CCSC1. The van der Waals surface area contributed by atoms with Crippen molar-refractivity contribution in [3.63, 3.8) is 0 Å². The van der Waals surface area contributed by atoms with Crippen molar-refractivity contribution in [2.24, 2.45) is 0 Å². The van der Waals surface area contributed by atoms with Crippen molar-refractivity contribution in [1.82, 2.24) is 25.0 Å². The highest BCUT2D eigenvalue weighted by Crippen LogP contribution is 2.33. The van der Waals surface area contributed by atoms with E-state index in [0.29, 0.717) is 29.8 Å². The van der Waals surface area contributed by atoms with Gasteiger partial charge in [-0.25, -0.2) is 0 Å². The molecule has 0 aliphatic carbocycles. The maximum Gasteiger partial charge on any atom is 0.230 e. The van der Waals surface area contributed by atoms with Crippen molar-refractivity contribution in [2.45, 2.75) is 23.7 Å². The van der Waals surface area contributed by atoms with E-state index in [0.717, 1.165) is 49.8 Å². The molecule has 1 aromatic carbocycles. The molecule has 0 bridgehead atoms. The molecule has 0 radical (unpaired) electrons. The van der Waals surface area contributed by atoms with Gasteiger partial charge in [-0.3, -0.25) is 14.3 Å². The lowest BCUT2D eigenvalue weighted by molar-refractivity contribution is -0.119. The average molecular weight is 500 g/mol. The number of furan rings is 1. The number of thioether (sulfide) groups is 2. The third-order valence-corrected chi connectivity index (χ3v) is 8.55. The Bertz CT molecular complexity index is 1060. The van der Waals surface area contributed by atoms with Crippen molar-refractivity contribution >= 4 is 29.4 Å². The molecule has 8 nitrogen and oxygen atoms in total. The molecule has 1 amide bonds. The number of benzene rings is 1. The second-order valence-corrected chi connectivity index (χ2v) is 10.6. The Morgan fingerprint density at radius 3 is 2.74 bits per heavy atom. The molecule has 34 heavy (non-hydrogen) atoms. The number of nitrogens with one attached hydrogen (secondary N) is 1. The molecule has 2 fully saturated rings. The van der Waals surface area contributed by atoms with Gasteiger partial charge in [0.25, 0.3) is 0 Å². The van der Waals surface area contributed by atoms with Gasteiger partial charge < -0.3 is 14.5 Å². The first-order valence-corrected chi connectivity index (χ1v) is 13.7. The van der Waals surface area contributed by atoms with Crippen LogP contribution in [0.4, 0.5) is 0 Å². The zero-order chi connectivity index (χ0) is 23.2. The first-order chi connectivity index (χ1) is 16.7. The number of nitrogens with zero attached hydrogens (tertiary/aromatic N) is 4. The summed E-state index contributed by atoms with van der Waals surface area (Å²) in [5.74, 6) is 3.82. The molecule has 0 saturated carbocycles. The Morgan fingerprint density at radius 2 is 2.00 bits per heavy atom. The Morgan fingerprint density at radius 1 is 1.15 bits per heavy atom. The number of carbonyl (C=O) groups excluding carboxylic acids is 1. The van der Waals surface area contributed by atoms with Gasteiger partial charge in [-0.15, -0.1) is 10.2 Å². The van der Waals surface area contributed by atoms with Crippen molar-refractivity contribution < 1.29 is 13.9 Å². The summed E-state index contributed by atoms with van der Waals surface area (Å²) < 4.78 is 13.1. The molecular weight excluding hydrogens is 470 g/mol. The van der Waals surface area contributed by atoms with E-state index >= 15 is 0 Å². The molecule has 2 aromatic heterocycles. The van der Waals surface area contributed by atoms with Crippen molar-refractivity contribution in [3.8, 4) is 11.6 Å². The molecule has 2 aliphatic heterocycles. The van der Waals surface area contributed by atoms with Crippen LogP contribution in [0.2, 0.25) is 0 Å². The van der Waals surface area contributed by atoms with Crippen LogP contribution in [0.15, 0.2) is 58.3 Å². The van der Waals surface area contributed by atoms with Gasteiger partial charge in [0.15, 0.2) is 10.9 Å². The fourth-order valence-electron chi connectivity index (χ4n) is 4.47. The van der Waals surface area contributed by atoms with Gasteiger partial charge in [0.05, 0.1) is 31.8 Å². The standard InChI is InChI=1S/C24H29N5O3S2/c30-21(25-17-24(8-14-33-18-24)28-9-12-31-13-10-28)16-34-23-27-26-22(20-7-4-11-32-20)29(23)15-19-5-2-1-3-6-19/h1-7,11H,8-10,12-18H2,(H,25,30). The molecule has 5 rings (SSSR count). The molecule has 4 heterocycles. The Labute approximate surface area is 207 Å². The maximum atomic E-state index is 12.8. The van der Waals surface area contributed by atoms with E-state index in [-0.39, 0.29) is 17.2 Å². The first kappa shape index (κ1) is 23.5. The lowest BCUT2D eigenvalue weighted by Crippen LogP contribution is -2.59. The summed E-state index contributed by atoms with van der Waals surface area (Å²) in [6.45, 7) is 4.68.